The molecule has 0 spiro atoms. The minimum atomic E-state index is -0.658. The summed E-state index contributed by atoms with van der Waals surface area (Å²) in [6.07, 6.45) is 8.12. The van der Waals surface area contributed by atoms with Crippen molar-refractivity contribution in [2.24, 2.45) is 17.1 Å². The summed E-state index contributed by atoms with van der Waals surface area (Å²) in [5, 5.41) is 0. The number of thiocarbonyl (C=S) groups is 1. The Bertz CT molecular complexity index is 369. The Hall–Kier alpha value is -0.640. The molecule has 2 rings (SSSR count). The molecule has 0 bridgehead atoms. The molecule has 1 aliphatic heterocycles. The Balaban J connectivity index is 2.19. The van der Waals surface area contributed by atoms with E-state index in [1.54, 1.807) is 0 Å². The van der Waals surface area contributed by atoms with Gasteiger partial charge in [0.05, 0.1) is 10.4 Å². The SMILES string of the molecule is CCC(C)(C(=O)N1CCC[C@H]2CCCC[C@H]21)C(N)=S. The van der Waals surface area contributed by atoms with Gasteiger partial charge in [-0.1, -0.05) is 32.0 Å². The fourth-order valence-electron chi connectivity index (χ4n) is 3.62. The van der Waals surface area contributed by atoms with Crippen LogP contribution in [0.5, 0.6) is 0 Å². The van der Waals surface area contributed by atoms with Crippen molar-refractivity contribution in [1.82, 2.24) is 4.90 Å². The van der Waals surface area contributed by atoms with Crippen LogP contribution in [-0.4, -0.2) is 28.4 Å². The van der Waals surface area contributed by atoms with Crippen LogP contribution in [0.3, 0.4) is 0 Å². The van der Waals surface area contributed by atoms with Gasteiger partial charge in [-0.2, -0.15) is 0 Å². The Morgan fingerprint density at radius 1 is 1.32 bits per heavy atom. The topological polar surface area (TPSA) is 46.3 Å². The molecule has 1 amide bonds. The van der Waals surface area contributed by atoms with E-state index in [0.29, 0.717) is 23.4 Å². The van der Waals surface area contributed by atoms with Gasteiger partial charge in [0, 0.05) is 12.6 Å². The molecule has 2 aliphatic rings. The number of hydrogen-bond acceptors (Lipinski definition) is 2. The first-order valence-electron chi connectivity index (χ1n) is 7.61. The van der Waals surface area contributed by atoms with E-state index >= 15 is 0 Å². The predicted molar refractivity (Wildman–Crippen MR) is 81.9 cm³/mol. The molecule has 19 heavy (non-hydrogen) atoms. The number of fused-ring (bicyclic) bond motifs is 1. The smallest absolute Gasteiger partial charge is 0.235 e. The lowest BCUT2D eigenvalue weighted by Gasteiger charge is -2.46. The maximum absolute atomic E-state index is 12.9. The number of rotatable bonds is 3. The highest BCUT2D eigenvalue weighted by Crippen LogP contribution is 2.38. The number of carbonyl (C=O) groups excluding carboxylic acids is 1. The third-order valence-corrected chi connectivity index (χ3v) is 5.68. The molecule has 3 nitrogen and oxygen atoms in total. The van der Waals surface area contributed by atoms with E-state index in [9.17, 15) is 4.79 Å². The van der Waals surface area contributed by atoms with Crippen LogP contribution in [0.2, 0.25) is 0 Å². The lowest BCUT2D eigenvalue weighted by molar-refractivity contribution is -0.144. The second-order valence-electron chi connectivity index (χ2n) is 6.30. The highest BCUT2D eigenvalue weighted by atomic mass is 32.1. The molecule has 4 heteroatoms. The van der Waals surface area contributed by atoms with E-state index in [2.05, 4.69) is 4.90 Å². The summed E-state index contributed by atoms with van der Waals surface area (Å²) in [6.45, 7) is 4.79. The number of likely N-dealkylation sites (tertiary alicyclic amines) is 1. The molecular weight excluding hydrogens is 256 g/mol. The Morgan fingerprint density at radius 3 is 2.58 bits per heavy atom. The van der Waals surface area contributed by atoms with Gasteiger partial charge in [0.15, 0.2) is 0 Å². The number of carbonyl (C=O) groups is 1. The maximum atomic E-state index is 12.9. The molecule has 1 unspecified atom stereocenters. The van der Waals surface area contributed by atoms with Crippen molar-refractivity contribution in [1.29, 1.82) is 0 Å². The zero-order valence-corrected chi connectivity index (χ0v) is 13.0. The molecule has 0 aromatic rings. The Kier molecular flexibility index (Phi) is 4.49. The molecule has 0 aromatic heterocycles. The van der Waals surface area contributed by atoms with Crippen LogP contribution in [0.4, 0.5) is 0 Å². The summed E-state index contributed by atoms with van der Waals surface area (Å²) < 4.78 is 0. The third-order valence-electron chi connectivity index (χ3n) is 5.23. The molecular formula is C15H26N2OS. The number of amides is 1. The number of nitrogens with two attached hydrogens (primary N) is 1. The van der Waals surface area contributed by atoms with Crippen molar-refractivity contribution in [2.45, 2.75) is 64.8 Å². The van der Waals surface area contributed by atoms with E-state index in [1.165, 1.54) is 25.7 Å². The van der Waals surface area contributed by atoms with Crippen molar-refractivity contribution < 1.29 is 4.79 Å². The van der Waals surface area contributed by atoms with Gasteiger partial charge in [0.25, 0.3) is 0 Å². The highest BCUT2D eigenvalue weighted by molar-refractivity contribution is 7.80. The van der Waals surface area contributed by atoms with Crippen LogP contribution in [-0.2, 0) is 4.79 Å². The minimum absolute atomic E-state index is 0.166. The van der Waals surface area contributed by atoms with Crippen LogP contribution in [0.25, 0.3) is 0 Å². The van der Waals surface area contributed by atoms with E-state index in [-0.39, 0.29) is 5.91 Å². The second-order valence-corrected chi connectivity index (χ2v) is 6.74. The molecule has 1 aliphatic carbocycles. The predicted octanol–water partition coefficient (Wildman–Crippen LogP) is 2.87. The fraction of sp³-hybridized carbons (Fsp3) is 0.867. The highest BCUT2D eigenvalue weighted by Gasteiger charge is 2.43. The third kappa shape index (κ3) is 2.64. The number of piperidine rings is 1. The van der Waals surface area contributed by atoms with Crippen LogP contribution in [0.15, 0.2) is 0 Å². The summed E-state index contributed by atoms with van der Waals surface area (Å²) >= 11 is 5.15. The van der Waals surface area contributed by atoms with Crippen LogP contribution in [0.1, 0.15) is 58.8 Å². The summed E-state index contributed by atoms with van der Waals surface area (Å²) in [4.78, 5) is 15.4. The standard InChI is InChI=1S/C15H26N2OS/c1-3-15(2,13(16)19)14(18)17-10-6-8-11-7-4-5-9-12(11)17/h11-12H,3-10H2,1-2H3,(H2,16,19)/t11-,12-,15?/m1/s1. The van der Waals surface area contributed by atoms with Gasteiger partial charge in [-0.25, -0.2) is 0 Å². The van der Waals surface area contributed by atoms with Gasteiger partial charge in [0.2, 0.25) is 5.91 Å². The van der Waals surface area contributed by atoms with Gasteiger partial charge in [-0.3, -0.25) is 4.79 Å². The van der Waals surface area contributed by atoms with Crippen molar-refractivity contribution in [3.63, 3.8) is 0 Å². The molecule has 2 N–H and O–H groups in total. The van der Waals surface area contributed by atoms with E-state index < -0.39 is 5.41 Å². The van der Waals surface area contributed by atoms with Crippen molar-refractivity contribution >= 4 is 23.1 Å². The summed E-state index contributed by atoms with van der Waals surface area (Å²) in [7, 11) is 0. The fourth-order valence-corrected chi connectivity index (χ4v) is 3.86. The van der Waals surface area contributed by atoms with E-state index in [0.717, 1.165) is 19.4 Å². The summed E-state index contributed by atoms with van der Waals surface area (Å²) in [6, 6.07) is 0.440. The normalized spacial score (nSPS) is 30.3. The van der Waals surface area contributed by atoms with E-state index in [4.69, 9.17) is 18.0 Å². The Morgan fingerprint density at radius 2 is 1.95 bits per heavy atom. The van der Waals surface area contributed by atoms with Crippen LogP contribution >= 0.6 is 12.2 Å². The zero-order chi connectivity index (χ0) is 14.0. The van der Waals surface area contributed by atoms with Gasteiger partial charge in [-0.15, -0.1) is 0 Å². The van der Waals surface area contributed by atoms with Crippen molar-refractivity contribution in [3.8, 4) is 0 Å². The number of nitrogens with zero attached hydrogens (tertiary/aromatic N) is 1. The lowest BCUT2D eigenvalue weighted by atomic mass is 9.76. The molecule has 1 heterocycles. The van der Waals surface area contributed by atoms with E-state index in [1.807, 2.05) is 13.8 Å². The molecule has 1 saturated carbocycles. The minimum Gasteiger partial charge on any atom is -0.392 e. The molecule has 0 aromatic carbocycles. The Labute approximate surface area is 121 Å². The van der Waals surface area contributed by atoms with Gasteiger partial charge in [0.1, 0.15) is 0 Å². The van der Waals surface area contributed by atoms with Gasteiger partial charge < -0.3 is 10.6 Å². The molecule has 0 radical (unpaired) electrons. The zero-order valence-electron chi connectivity index (χ0n) is 12.2. The van der Waals surface area contributed by atoms with Crippen molar-refractivity contribution in [3.05, 3.63) is 0 Å². The van der Waals surface area contributed by atoms with Gasteiger partial charge in [-0.05, 0) is 44.9 Å². The maximum Gasteiger partial charge on any atom is 0.235 e. The second kappa shape index (κ2) is 5.78. The molecule has 3 atom stereocenters. The molecule has 1 saturated heterocycles. The monoisotopic (exact) mass is 282 g/mol. The first kappa shape index (κ1) is 14.8. The molecule has 2 fully saturated rings. The largest absolute Gasteiger partial charge is 0.392 e. The first-order chi connectivity index (χ1) is 9.00. The van der Waals surface area contributed by atoms with Crippen LogP contribution in [0, 0.1) is 11.3 Å². The summed E-state index contributed by atoms with van der Waals surface area (Å²) in [5.41, 5.74) is 5.18. The first-order valence-corrected chi connectivity index (χ1v) is 8.02. The average molecular weight is 282 g/mol. The average Bonchev–Trinajstić information content (AvgIpc) is 2.44. The number of hydrogen-bond donors (Lipinski definition) is 1. The van der Waals surface area contributed by atoms with Crippen molar-refractivity contribution in [2.75, 3.05) is 6.54 Å². The van der Waals surface area contributed by atoms with Gasteiger partial charge >= 0.3 is 0 Å². The molecule has 108 valence electrons. The van der Waals surface area contributed by atoms with Crippen LogP contribution < -0.4 is 5.73 Å². The lowest BCUT2D eigenvalue weighted by Crippen LogP contribution is -2.56. The summed E-state index contributed by atoms with van der Waals surface area (Å²) in [5.74, 6) is 0.873. The quantitative estimate of drug-likeness (QED) is 0.810.